The summed E-state index contributed by atoms with van der Waals surface area (Å²) in [5.74, 6) is 0.792. The number of hydrogen-bond donors (Lipinski definition) is 1. The number of aromatic nitrogens is 1. The van der Waals surface area contributed by atoms with Gasteiger partial charge in [-0.15, -0.1) is 11.3 Å². The van der Waals surface area contributed by atoms with Gasteiger partial charge in [-0.2, -0.15) is 0 Å². The van der Waals surface area contributed by atoms with E-state index in [0.29, 0.717) is 28.8 Å². The van der Waals surface area contributed by atoms with Gasteiger partial charge in [0, 0.05) is 16.5 Å². The topological polar surface area (TPSA) is 60.5 Å². The van der Waals surface area contributed by atoms with E-state index in [9.17, 15) is 4.79 Å². The molecule has 132 valence electrons. The molecule has 3 rings (SSSR count). The number of rotatable bonds is 7. The molecule has 0 aliphatic heterocycles. The summed E-state index contributed by atoms with van der Waals surface area (Å²) in [5.41, 5.74) is 2.30. The van der Waals surface area contributed by atoms with Gasteiger partial charge in [0.25, 0.3) is 5.91 Å². The third-order valence-corrected chi connectivity index (χ3v) is 4.33. The van der Waals surface area contributed by atoms with Crippen LogP contribution in [-0.4, -0.2) is 24.6 Å². The standard InChI is InChI=1S/C20H18N2O3S/c1-3-11-25-17-10-9-15(12-18(17)24-2)19(23)22-20-21-16(13-26-20)14-7-5-4-6-8-14/h3-10,12-13H,1,11H2,2H3,(H,21,22,23). The first-order chi connectivity index (χ1) is 12.7. The molecule has 1 amide bonds. The van der Waals surface area contributed by atoms with E-state index in [1.807, 2.05) is 35.7 Å². The molecule has 0 radical (unpaired) electrons. The van der Waals surface area contributed by atoms with E-state index in [-0.39, 0.29) is 5.91 Å². The van der Waals surface area contributed by atoms with Crippen LogP contribution in [0, 0.1) is 0 Å². The normalized spacial score (nSPS) is 10.2. The predicted octanol–water partition coefficient (Wildman–Crippen LogP) is 4.64. The minimum atomic E-state index is -0.257. The number of amides is 1. The molecule has 1 heterocycles. The number of nitrogens with zero attached hydrogens (tertiary/aromatic N) is 1. The van der Waals surface area contributed by atoms with Crippen LogP contribution in [0.25, 0.3) is 11.3 Å². The fraction of sp³-hybridized carbons (Fsp3) is 0.100. The molecule has 6 heteroatoms. The lowest BCUT2D eigenvalue weighted by Crippen LogP contribution is -2.12. The zero-order valence-corrected chi connectivity index (χ0v) is 15.1. The Labute approximate surface area is 155 Å². The smallest absolute Gasteiger partial charge is 0.257 e. The van der Waals surface area contributed by atoms with E-state index in [0.717, 1.165) is 11.3 Å². The lowest BCUT2D eigenvalue weighted by atomic mass is 10.2. The molecule has 0 atom stereocenters. The van der Waals surface area contributed by atoms with Crippen LogP contribution >= 0.6 is 11.3 Å². The molecule has 3 aromatic rings. The highest BCUT2D eigenvalue weighted by atomic mass is 32.1. The Hall–Kier alpha value is -3.12. The van der Waals surface area contributed by atoms with Gasteiger partial charge in [0.05, 0.1) is 12.8 Å². The summed E-state index contributed by atoms with van der Waals surface area (Å²) in [4.78, 5) is 17.0. The van der Waals surface area contributed by atoms with Crippen molar-refractivity contribution in [2.24, 2.45) is 0 Å². The molecule has 0 bridgehead atoms. The monoisotopic (exact) mass is 366 g/mol. The summed E-state index contributed by atoms with van der Waals surface area (Å²) >= 11 is 1.38. The lowest BCUT2D eigenvalue weighted by Gasteiger charge is -2.10. The van der Waals surface area contributed by atoms with Crippen molar-refractivity contribution in [2.45, 2.75) is 0 Å². The van der Waals surface area contributed by atoms with Gasteiger partial charge in [0.15, 0.2) is 16.6 Å². The molecule has 1 aromatic heterocycles. The quantitative estimate of drug-likeness (QED) is 0.619. The van der Waals surface area contributed by atoms with Crippen molar-refractivity contribution in [1.29, 1.82) is 0 Å². The minimum absolute atomic E-state index is 0.257. The van der Waals surface area contributed by atoms with Crippen LogP contribution in [0.2, 0.25) is 0 Å². The van der Waals surface area contributed by atoms with Crippen LogP contribution in [0.5, 0.6) is 11.5 Å². The highest BCUT2D eigenvalue weighted by Crippen LogP contribution is 2.29. The van der Waals surface area contributed by atoms with Gasteiger partial charge >= 0.3 is 0 Å². The number of benzene rings is 2. The summed E-state index contributed by atoms with van der Waals surface area (Å²) in [6.45, 7) is 3.98. The molecule has 0 fully saturated rings. The Kier molecular flexibility index (Phi) is 5.66. The Morgan fingerprint density at radius 2 is 2.04 bits per heavy atom. The first-order valence-corrected chi connectivity index (χ1v) is 8.83. The molecule has 26 heavy (non-hydrogen) atoms. The highest BCUT2D eigenvalue weighted by molar-refractivity contribution is 7.14. The van der Waals surface area contributed by atoms with Gasteiger partial charge in [0.1, 0.15) is 6.61 Å². The molecule has 0 aliphatic rings. The first-order valence-electron chi connectivity index (χ1n) is 7.95. The summed E-state index contributed by atoms with van der Waals surface area (Å²) in [5, 5.41) is 5.27. The zero-order chi connectivity index (χ0) is 18.4. The van der Waals surface area contributed by atoms with Crippen molar-refractivity contribution in [2.75, 3.05) is 19.0 Å². The predicted molar refractivity (Wildman–Crippen MR) is 104 cm³/mol. The van der Waals surface area contributed by atoms with E-state index in [1.165, 1.54) is 18.4 Å². The van der Waals surface area contributed by atoms with Gasteiger partial charge < -0.3 is 9.47 Å². The number of methoxy groups -OCH3 is 1. The van der Waals surface area contributed by atoms with Crippen molar-refractivity contribution < 1.29 is 14.3 Å². The third kappa shape index (κ3) is 4.10. The molecule has 0 saturated heterocycles. The molecule has 0 saturated carbocycles. The van der Waals surface area contributed by atoms with Crippen molar-refractivity contribution in [3.8, 4) is 22.8 Å². The summed E-state index contributed by atoms with van der Waals surface area (Å²) < 4.78 is 10.8. The minimum Gasteiger partial charge on any atom is -0.493 e. The SMILES string of the molecule is C=CCOc1ccc(C(=O)Nc2nc(-c3ccccc3)cs2)cc1OC. The number of anilines is 1. The average Bonchev–Trinajstić information content (AvgIpc) is 3.15. The van der Waals surface area contributed by atoms with Crippen molar-refractivity contribution >= 4 is 22.4 Å². The lowest BCUT2D eigenvalue weighted by molar-refractivity contribution is 0.102. The summed E-state index contributed by atoms with van der Waals surface area (Å²) in [6.07, 6.45) is 1.65. The first kappa shape index (κ1) is 17.7. The average molecular weight is 366 g/mol. The van der Waals surface area contributed by atoms with Gasteiger partial charge in [0.2, 0.25) is 0 Å². The molecule has 2 aromatic carbocycles. The maximum absolute atomic E-state index is 12.5. The molecule has 5 nitrogen and oxygen atoms in total. The number of carbonyl (C=O) groups is 1. The largest absolute Gasteiger partial charge is 0.493 e. The third-order valence-electron chi connectivity index (χ3n) is 3.58. The highest BCUT2D eigenvalue weighted by Gasteiger charge is 2.13. The zero-order valence-electron chi connectivity index (χ0n) is 14.3. The fourth-order valence-corrected chi connectivity index (χ4v) is 3.03. The Balaban J connectivity index is 1.74. The second kappa shape index (κ2) is 8.31. The van der Waals surface area contributed by atoms with Crippen LogP contribution in [0.15, 0.2) is 66.6 Å². The molecule has 1 N–H and O–H groups in total. The van der Waals surface area contributed by atoms with E-state index < -0.39 is 0 Å². The second-order valence-corrected chi connectivity index (χ2v) is 6.18. The molecule has 0 unspecified atom stereocenters. The maximum Gasteiger partial charge on any atom is 0.257 e. The van der Waals surface area contributed by atoms with E-state index in [4.69, 9.17) is 9.47 Å². The van der Waals surface area contributed by atoms with Gasteiger partial charge in [-0.25, -0.2) is 4.98 Å². The van der Waals surface area contributed by atoms with Crippen LogP contribution in [0.1, 0.15) is 10.4 Å². The number of nitrogens with one attached hydrogen (secondary N) is 1. The van der Waals surface area contributed by atoms with Crippen molar-refractivity contribution in [1.82, 2.24) is 4.98 Å². The van der Waals surface area contributed by atoms with Crippen LogP contribution < -0.4 is 14.8 Å². The van der Waals surface area contributed by atoms with Crippen molar-refractivity contribution in [3.05, 3.63) is 72.1 Å². The van der Waals surface area contributed by atoms with Gasteiger partial charge in [-0.3, -0.25) is 10.1 Å². The second-order valence-electron chi connectivity index (χ2n) is 5.32. The molecular formula is C20H18N2O3S. The summed E-state index contributed by atoms with van der Waals surface area (Å²) in [6, 6.07) is 14.8. The Bertz CT molecular complexity index is 906. The number of hydrogen-bond acceptors (Lipinski definition) is 5. The van der Waals surface area contributed by atoms with E-state index in [2.05, 4.69) is 16.9 Å². The molecular weight excluding hydrogens is 348 g/mol. The number of ether oxygens (including phenoxy) is 2. The molecule has 0 spiro atoms. The van der Waals surface area contributed by atoms with E-state index in [1.54, 1.807) is 24.3 Å². The van der Waals surface area contributed by atoms with Crippen LogP contribution in [-0.2, 0) is 0 Å². The van der Waals surface area contributed by atoms with E-state index >= 15 is 0 Å². The van der Waals surface area contributed by atoms with Gasteiger partial charge in [-0.05, 0) is 18.2 Å². The number of thiazole rings is 1. The maximum atomic E-state index is 12.5. The van der Waals surface area contributed by atoms with Crippen molar-refractivity contribution in [3.63, 3.8) is 0 Å². The molecule has 0 aliphatic carbocycles. The summed E-state index contributed by atoms with van der Waals surface area (Å²) in [7, 11) is 1.53. The number of carbonyl (C=O) groups excluding carboxylic acids is 1. The fourth-order valence-electron chi connectivity index (χ4n) is 2.32. The Morgan fingerprint density at radius 3 is 2.77 bits per heavy atom. The van der Waals surface area contributed by atoms with Crippen LogP contribution in [0.3, 0.4) is 0 Å². The van der Waals surface area contributed by atoms with Gasteiger partial charge in [-0.1, -0.05) is 43.0 Å². The van der Waals surface area contributed by atoms with Crippen LogP contribution in [0.4, 0.5) is 5.13 Å². The Morgan fingerprint density at radius 1 is 1.23 bits per heavy atom.